The van der Waals surface area contributed by atoms with E-state index in [1.54, 1.807) is 0 Å². The lowest BCUT2D eigenvalue weighted by molar-refractivity contribution is -0.121. The van der Waals surface area contributed by atoms with E-state index in [-0.39, 0.29) is 5.91 Å². The highest BCUT2D eigenvalue weighted by atomic mass is 79.9. The molecule has 1 heterocycles. The quantitative estimate of drug-likeness (QED) is 0.913. The molecule has 1 amide bonds. The van der Waals surface area contributed by atoms with Crippen LogP contribution in [0.2, 0.25) is 0 Å². The number of carbonyl (C=O) groups excluding carboxylic acids is 1. The first-order chi connectivity index (χ1) is 9.11. The molecule has 0 spiro atoms. The molecule has 0 saturated carbocycles. The zero-order valence-electron chi connectivity index (χ0n) is 11.4. The molecule has 0 bridgehead atoms. The van der Waals surface area contributed by atoms with E-state index in [2.05, 4.69) is 26.1 Å². The van der Waals surface area contributed by atoms with Crippen molar-refractivity contribution in [2.45, 2.75) is 6.92 Å². The van der Waals surface area contributed by atoms with Gasteiger partial charge in [-0.3, -0.25) is 9.69 Å². The van der Waals surface area contributed by atoms with Gasteiger partial charge in [0.25, 0.3) is 0 Å². The second-order valence-corrected chi connectivity index (χ2v) is 5.71. The van der Waals surface area contributed by atoms with Crippen molar-refractivity contribution in [3.63, 3.8) is 0 Å². The number of halogens is 1. The average Bonchev–Trinajstić information content (AvgIpc) is 2.40. The summed E-state index contributed by atoms with van der Waals surface area (Å²) in [4.78, 5) is 16.3. The van der Waals surface area contributed by atoms with Crippen LogP contribution < -0.4 is 10.2 Å². The number of hydrogen-bond acceptors (Lipinski definition) is 3. The predicted octanol–water partition coefficient (Wildman–Crippen LogP) is 1.63. The summed E-state index contributed by atoms with van der Waals surface area (Å²) < 4.78 is 1.05. The van der Waals surface area contributed by atoms with Crippen LogP contribution in [0.15, 0.2) is 22.7 Å². The number of amides is 1. The average molecular weight is 326 g/mol. The van der Waals surface area contributed by atoms with Crippen LogP contribution in [0.4, 0.5) is 5.69 Å². The zero-order chi connectivity index (χ0) is 13.8. The first-order valence-electron chi connectivity index (χ1n) is 6.55. The minimum absolute atomic E-state index is 0.179. The molecule has 1 N–H and O–H groups in total. The van der Waals surface area contributed by atoms with Gasteiger partial charge in [-0.1, -0.05) is 22.0 Å². The van der Waals surface area contributed by atoms with Crippen molar-refractivity contribution in [2.24, 2.45) is 0 Å². The van der Waals surface area contributed by atoms with Gasteiger partial charge < -0.3 is 10.2 Å². The van der Waals surface area contributed by atoms with Gasteiger partial charge in [0, 0.05) is 36.3 Å². The Labute approximate surface area is 122 Å². The number of rotatable bonds is 4. The molecule has 104 valence electrons. The van der Waals surface area contributed by atoms with Crippen molar-refractivity contribution in [1.82, 2.24) is 10.2 Å². The Bertz CT molecular complexity index is 464. The van der Waals surface area contributed by atoms with Gasteiger partial charge in [0.1, 0.15) is 0 Å². The molecule has 5 heteroatoms. The van der Waals surface area contributed by atoms with E-state index in [0.29, 0.717) is 6.54 Å². The zero-order valence-corrected chi connectivity index (χ0v) is 13.0. The highest BCUT2D eigenvalue weighted by Crippen LogP contribution is 2.24. The molecule has 0 atom stereocenters. The van der Waals surface area contributed by atoms with Gasteiger partial charge in [0.2, 0.25) is 5.91 Å². The number of anilines is 1. The molecule has 4 nitrogen and oxygen atoms in total. The van der Waals surface area contributed by atoms with Gasteiger partial charge in [0.05, 0.1) is 6.54 Å². The minimum atomic E-state index is 0.179. The van der Waals surface area contributed by atoms with Crippen molar-refractivity contribution >= 4 is 27.5 Å². The van der Waals surface area contributed by atoms with Crippen molar-refractivity contribution < 1.29 is 4.79 Å². The molecule has 2 rings (SSSR count). The van der Waals surface area contributed by atoms with Gasteiger partial charge in [-0.05, 0) is 31.7 Å². The van der Waals surface area contributed by atoms with Gasteiger partial charge in [-0.2, -0.15) is 0 Å². The van der Waals surface area contributed by atoms with Crippen LogP contribution in [-0.4, -0.2) is 50.6 Å². The molecule has 1 aromatic carbocycles. The fourth-order valence-electron chi connectivity index (χ4n) is 2.21. The van der Waals surface area contributed by atoms with Crippen LogP contribution in [0, 0.1) is 6.92 Å². The molecule has 1 saturated heterocycles. The number of benzene rings is 1. The summed E-state index contributed by atoms with van der Waals surface area (Å²) in [5.74, 6) is 0.179. The van der Waals surface area contributed by atoms with E-state index < -0.39 is 0 Å². The smallest absolute Gasteiger partial charge is 0.241 e. The molecule has 0 unspecified atom stereocenters. The van der Waals surface area contributed by atoms with E-state index in [1.165, 1.54) is 5.56 Å². The van der Waals surface area contributed by atoms with Crippen LogP contribution in [0.25, 0.3) is 0 Å². The van der Waals surface area contributed by atoms with Gasteiger partial charge in [-0.25, -0.2) is 0 Å². The van der Waals surface area contributed by atoms with Crippen molar-refractivity contribution in [3.8, 4) is 0 Å². The van der Waals surface area contributed by atoms with E-state index in [1.807, 2.05) is 37.1 Å². The Morgan fingerprint density at radius 3 is 2.79 bits per heavy atom. The third-order valence-corrected chi connectivity index (χ3v) is 4.30. The lowest BCUT2D eigenvalue weighted by atomic mass is 10.2. The monoisotopic (exact) mass is 325 g/mol. The Kier molecular flexibility index (Phi) is 4.96. The van der Waals surface area contributed by atoms with Gasteiger partial charge in [0.15, 0.2) is 0 Å². The SMILES string of the molecule is CNCCN1CCN(c2ccc(C)c(Br)c2)C(=O)C1. The molecule has 19 heavy (non-hydrogen) atoms. The molecule has 0 aliphatic carbocycles. The summed E-state index contributed by atoms with van der Waals surface area (Å²) in [6.45, 7) is 6.09. The number of nitrogens with one attached hydrogen (secondary N) is 1. The Hall–Kier alpha value is -0.910. The standard InChI is InChI=1S/C14H20BrN3O/c1-11-3-4-12(9-13(11)15)18-8-7-17(6-5-16-2)10-14(18)19/h3-4,9,16H,5-8,10H2,1-2H3. The van der Waals surface area contributed by atoms with Gasteiger partial charge >= 0.3 is 0 Å². The molecule has 1 aliphatic rings. The molecule has 0 aromatic heterocycles. The lowest BCUT2D eigenvalue weighted by Crippen LogP contribution is -2.51. The number of carbonyl (C=O) groups is 1. The molecular weight excluding hydrogens is 306 g/mol. The summed E-state index contributed by atoms with van der Waals surface area (Å²) in [5.41, 5.74) is 2.17. The lowest BCUT2D eigenvalue weighted by Gasteiger charge is -2.34. The van der Waals surface area contributed by atoms with Crippen LogP contribution in [-0.2, 0) is 4.79 Å². The second-order valence-electron chi connectivity index (χ2n) is 4.86. The Balaban J connectivity index is 2.03. The van der Waals surface area contributed by atoms with Gasteiger partial charge in [-0.15, -0.1) is 0 Å². The Morgan fingerprint density at radius 1 is 1.37 bits per heavy atom. The van der Waals surface area contributed by atoms with Crippen LogP contribution in [0.5, 0.6) is 0 Å². The Morgan fingerprint density at radius 2 is 2.16 bits per heavy atom. The predicted molar refractivity (Wildman–Crippen MR) is 81.6 cm³/mol. The van der Waals surface area contributed by atoms with Crippen LogP contribution in [0.1, 0.15) is 5.56 Å². The molecule has 0 radical (unpaired) electrons. The maximum Gasteiger partial charge on any atom is 0.241 e. The minimum Gasteiger partial charge on any atom is -0.318 e. The summed E-state index contributed by atoms with van der Waals surface area (Å²) >= 11 is 3.52. The fraction of sp³-hybridized carbons (Fsp3) is 0.500. The van der Waals surface area contributed by atoms with Crippen molar-refractivity contribution in [2.75, 3.05) is 44.7 Å². The summed E-state index contributed by atoms with van der Waals surface area (Å²) in [5, 5.41) is 3.11. The van der Waals surface area contributed by atoms with Crippen LogP contribution >= 0.6 is 15.9 Å². The van der Waals surface area contributed by atoms with E-state index >= 15 is 0 Å². The first kappa shape index (κ1) is 14.5. The van der Waals surface area contributed by atoms with E-state index in [4.69, 9.17) is 0 Å². The number of piperazine rings is 1. The number of hydrogen-bond donors (Lipinski definition) is 1. The van der Waals surface area contributed by atoms with Crippen LogP contribution in [0.3, 0.4) is 0 Å². The fourth-order valence-corrected chi connectivity index (χ4v) is 2.57. The summed E-state index contributed by atoms with van der Waals surface area (Å²) in [6, 6.07) is 6.08. The molecule has 1 aromatic rings. The number of likely N-dealkylation sites (N-methyl/N-ethyl adjacent to an activating group) is 1. The highest BCUT2D eigenvalue weighted by Gasteiger charge is 2.24. The van der Waals surface area contributed by atoms with E-state index in [9.17, 15) is 4.79 Å². The third-order valence-electron chi connectivity index (χ3n) is 3.44. The summed E-state index contributed by atoms with van der Waals surface area (Å²) in [7, 11) is 1.93. The maximum atomic E-state index is 12.2. The molecular formula is C14H20BrN3O. The van der Waals surface area contributed by atoms with Crippen molar-refractivity contribution in [1.29, 1.82) is 0 Å². The first-order valence-corrected chi connectivity index (χ1v) is 7.34. The molecule has 1 aliphatic heterocycles. The van der Waals surface area contributed by atoms with Crippen molar-refractivity contribution in [3.05, 3.63) is 28.2 Å². The molecule has 1 fully saturated rings. The number of aryl methyl sites for hydroxylation is 1. The largest absolute Gasteiger partial charge is 0.318 e. The number of nitrogens with zero attached hydrogens (tertiary/aromatic N) is 2. The summed E-state index contributed by atoms with van der Waals surface area (Å²) in [6.07, 6.45) is 0. The van der Waals surface area contributed by atoms with E-state index in [0.717, 1.165) is 36.3 Å². The third kappa shape index (κ3) is 3.55. The second kappa shape index (κ2) is 6.50. The normalized spacial score (nSPS) is 17.0. The highest BCUT2D eigenvalue weighted by molar-refractivity contribution is 9.10. The maximum absolute atomic E-state index is 12.2. The topological polar surface area (TPSA) is 35.6 Å².